The highest BCUT2D eigenvalue weighted by Crippen LogP contribution is 2.38. The van der Waals surface area contributed by atoms with Crippen LogP contribution in [-0.2, 0) is 9.84 Å². The summed E-state index contributed by atoms with van der Waals surface area (Å²) in [6, 6.07) is 3.91. The number of sulfone groups is 1. The van der Waals surface area contributed by atoms with E-state index >= 15 is 0 Å². The van der Waals surface area contributed by atoms with E-state index in [1.807, 2.05) is 19.1 Å². The van der Waals surface area contributed by atoms with Gasteiger partial charge in [0.15, 0.2) is 9.84 Å². The number of aliphatic hydroxyl groups is 1. The van der Waals surface area contributed by atoms with Gasteiger partial charge in [-0.3, -0.25) is 0 Å². The van der Waals surface area contributed by atoms with Gasteiger partial charge in [0.2, 0.25) is 0 Å². The highest BCUT2D eigenvalue weighted by Gasteiger charge is 2.40. The molecule has 23 heavy (non-hydrogen) atoms. The summed E-state index contributed by atoms with van der Waals surface area (Å²) in [5.74, 6) is 0.580. The number of aryl methyl sites for hydroxylation is 1. The summed E-state index contributed by atoms with van der Waals surface area (Å²) >= 11 is 6.30. The van der Waals surface area contributed by atoms with Gasteiger partial charge in [0, 0.05) is 18.2 Å². The Bertz CT molecular complexity index is 706. The molecule has 0 bridgehead atoms. The molecule has 1 aromatic carbocycles. The Labute approximate surface area is 141 Å². The van der Waals surface area contributed by atoms with Crippen LogP contribution in [0.4, 0.5) is 0 Å². The van der Waals surface area contributed by atoms with E-state index in [4.69, 9.17) is 16.3 Å². The number of ether oxygens (including phenoxy) is 1. The van der Waals surface area contributed by atoms with Crippen molar-refractivity contribution >= 4 is 21.4 Å². The summed E-state index contributed by atoms with van der Waals surface area (Å²) in [5, 5.41) is 14.4. The SMILES string of the molecule is Cc1cc(Cl)c2c(c1)C(NCC1(O)CCS(=O)(=O)C1)CCCO2. The van der Waals surface area contributed by atoms with Crippen LogP contribution in [0.15, 0.2) is 12.1 Å². The lowest BCUT2D eigenvalue weighted by Gasteiger charge is -2.26. The molecule has 7 heteroatoms. The van der Waals surface area contributed by atoms with Gasteiger partial charge in [-0.2, -0.15) is 0 Å². The summed E-state index contributed by atoms with van der Waals surface area (Å²) in [6.45, 7) is 2.83. The second kappa shape index (κ2) is 6.24. The number of benzene rings is 1. The molecule has 0 spiro atoms. The molecule has 5 nitrogen and oxygen atoms in total. The van der Waals surface area contributed by atoms with Crippen LogP contribution in [0.1, 0.15) is 36.4 Å². The Kier molecular flexibility index (Phi) is 4.62. The molecule has 0 aliphatic carbocycles. The molecule has 0 radical (unpaired) electrons. The lowest BCUT2D eigenvalue weighted by atomic mass is 9.97. The van der Waals surface area contributed by atoms with E-state index in [1.165, 1.54) is 0 Å². The Morgan fingerprint density at radius 2 is 2.26 bits per heavy atom. The lowest BCUT2D eigenvalue weighted by Crippen LogP contribution is -2.42. The fourth-order valence-electron chi connectivity index (χ4n) is 3.35. The average Bonchev–Trinajstić information content (AvgIpc) is 2.62. The van der Waals surface area contributed by atoms with E-state index in [-0.39, 0.29) is 30.5 Å². The van der Waals surface area contributed by atoms with Crippen LogP contribution >= 0.6 is 11.6 Å². The second-order valence-electron chi connectivity index (χ2n) is 6.66. The highest BCUT2D eigenvalue weighted by atomic mass is 35.5. The molecule has 2 N–H and O–H groups in total. The van der Waals surface area contributed by atoms with Gasteiger partial charge in [-0.05, 0) is 37.8 Å². The van der Waals surface area contributed by atoms with Crippen LogP contribution in [0, 0.1) is 6.92 Å². The first-order chi connectivity index (χ1) is 10.8. The predicted octanol–water partition coefficient (Wildman–Crippen LogP) is 2.00. The number of fused-ring (bicyclic) bond motifs is 1. The molecule has 2 aliphatic heterocycles. The third-order valence-corrected chi connectivity index (χ3v) is 6.60. The summed E-state index contributed by atoms with van der Waals surface area (Å²) in [4.78, 5) is 0. The average molecular weight is 360 g/mol. The molecule has 0 aromatic heterocycles. The maximum atomic E-state index is 11.6. The zero-order valence-corrected chi connectivity index (χ0v) is 14.7. The van der Waals surface area contributed by atoms with Crippen LogP contribution in [0.3, 0.4) is 0 Å². The van der Waals surface area contributed by atoms with E-state index in [0.29, 0.717) is 17.4 Å². The summed E-state index contributed by atoms with van der Waals surface area (Å²) in [5.41, 5.74) is 0.852. The van der Waals surface area contributed by atoms with Crippen LogP contribution in [0.5, 0.6) is 5.75 Å². The van der Waals surface area contributed by atoms with E-state index < -0.39 is 15.4 Å². The molecular formula is C16H22ClNO4S. The Morgan fingerprint density at radius 3 is 2.96 bits per heavy atom. The van der Waals surface area contributed by atoms with Crippen molar-refractivity contribution in [3.63, 3.8) is 0 Å². The highest BCUT2D eigenvalue weighted by molar-refractivity contribution is 7.91. The third kappa shape index (κ3) is 3.82. The molecule has 2 unspecified atom stereocenters. The number of hydrogen-bond acceptors (Lipinski definition) is 5. The van der Waals surface area contributed by atoms with E-state index in [9.17, 15) is 13.5 Å². The van der Waals surface area contributed by atoms with E-state index in [0.717, 1.165) is 24.0 Å². The first-order valence-corrected chi connectivity index (χ1v) is 10.1. The minimum atomic E-state index is -3.12. The van der Waals surface area contributed by atoms with Crippen molar-refractivity contribution in [3.8, 4) is 5.75 Å². The Hall–Kier alpha value is -0.820. The topological polar surface area (TPSA) is 75.6 Å². The van der Waals surface area contributed by atoms with E-state index in [1.54, 1.807) is 0 Å². The van der Waals surface area contributed by atoms with Crippen LogP contribution in [0.25, 0.3) is 0 Å². The molecule has 1 aromatic rings. The molecule has 0 saturated carbocycles. The molecule has 3 rings (SSSR count). The number of nitrogens with one attached hydrogen (secondary N) is 1. The first-order valence-electron chi connectivity index (χ1n) is 7.87. The number of hydrogen-bond donors (Lipinski definition) is 2. The normalized spacial score (nSPS) is 29.6. The van der Waals surface area contributed by atoms with Gasteiger partial charge in [0.05, 0.1) is 28.7 Å². The summed E-state index contributed by atoms with van der Waals surface area (Å²) in [6.07, 6.45) is 2.01. The van der Waals surface area contributed by atoms with Crippen molar-refractivity contribution in [1.82, 2.24) is 5.32 Å². The van der Waals surface area contributed by atoms with E-state index in [2.05, 4.69) is 5.32 Å². The van der Waals surface area contributed by atoms with Crippen molar-refractivity contribution in [2.45, 2.75) is 37.8 Å². The zero-order valence-electron chi connectivity index (χ0n) is 13.1. The van der Waals surface area contributed by atoms with Gasteiger partial charge in [-0.25, -0.2) is 8.42 Å². The molecular weight excluding hydrogens is 338 g/mol. The smallest absolute Gasteiger partial charge is 0.153 e. The monoisotopic (exact) mass is 359 g/mol. The number of rotatable bonds is 3. The Balaban J connectivity index is 1.79. The summed E-state index contributed by atoms with van der Waals surface area (Å²) < 4.78 is 29.0. The van der Waals surface area contributed by atoms with Crippen molar-refractivity contribution < 1.29 is 18.3 Å². The molecule has 128 valence electrons. The van der Waals surface area contributed by atoms with Crippen molar-refractivity contribution in [3.05, 3.63) is 28.3 Å². The third-order valence-electron chi connectivity index (χ3n) is 4.52. The molecule has 2 atom stereocenters. The standard InChI is InChI=1S/C16H22ClNO4S/c1-11-7-12-14(3-2-5-22-15(12)13(17)8-11)18-9-16(19)4-6-23(20,21)10-16/h7-8,14,18-19H,2-6,9-10H2,1H3. The predicted molar refractivity (Wildman–Crippen MR) is 89.9 cm³/mol. The fourth-order valence-corrected chi connectivity index (χ4v) is 5.58. The van der Waals surface area contributed by atoms with Crippen molar-refractivity contribution in [2.75, 3.05) is 24.7 Å². The maximum absolute atomic E-state index is 11.6. The second-order valence-corrected chi connectivity index (χ2v) is 9.25. The molecule has 1 saturated heterocycles. The van der Waals surface area contributed by atoms with Gasteiger partial charge < -0.3 is 15.2 Å². The molecule has 2 aliphatic rings. The molecule has 2 heterocycles. The summed E-state index contributed by atoms with van der Waals surface area (Å²) in [7, 11) is -3.12. The minimum absolute atomic E-state index is 0.00257. The van der Waals surface area contributed by atoms with Gasteiger partial charge in [-0.1, -0.05) is 17.7 Å². The van der Waals surface area contributed by atoms with Crippen LogP contribution < -0.4 is 10.1 Å². The van der Waals surface area contributed by atoms with Crippen molar-refractivity contribution in [2.24, 2.45) is 0 Å². The van der Waals surface area contributed by atoms with Gasteiger partial charge in [0.25, 0.3) is 0 Å². The lowest BCUT2D eigenvalue weighted by molar-refractivity contribution is 0.0637. The fraction of sp³-hybridized carbons (Fsp3) is 0.625. The van der Waals surface area contributed by atoms with Gasteiger partial charge in [-0.15, -0.1) is 0 Å². The maximum Gasteiger partial charge on any atom is 0.153 e. The van der Waals surface area contributed by atoms with Crippen molar-refractivity contribution in [1.29, 1.82) is 0 Å². The first kappa shape index (κ1) is 17.0. The number of halogens is 1. The quantitative estimate of drug-likeness (QED) is 0.863. The van der Waals surface area contributed by atoms with Gasteiger partial charge in [0.1, 0.15) is 5.75 Å². The molecule has 0 amide bonds. The zero-order chi connectivity index (χ0) is 16.7. The van der Waals surface area contributed by atoms with Gasteiger partial charge >= 0.3 is 0 Å². The Morgan fingerprint density at radius 1 is 1.48 bits per heavy atom. The minimum Gasteiger partial charge on any atom is -0.492 e. The molecule has 1 fully saturated rings. The van der Waals surface area contributed by atoms with Crippen LogP contribution in [0.2, 0.25) is 5.02 Å². The van der Waals surface area contributed by atoms with Crippen LogP contribution in [-0.4, -0.2) is 43.8 Å². The largest absolute Gasteiger partial charge is 0.492 e.